The first-order valence-electron chi connectivity index (χ1n) is 7.43. The van der Waals surface area contributed by atoms with Gasteiger partial charge in [-0.25, -0.2) is 0 Å². The van der Waals surface area contributed by atoms with Crippen molar-refractivity contribution >= 4 is 34.4 Å². The number of likely N-dealkylation sites (tertiary alicyclic amines) is 1. The van der Waals surface area contributed by atoms with Gasteiger partial charge in [0.2, 0.25) is 5.28 Å². The van der Waals surface area contributed by atoms with Crippen LogP contribution in [0.25, 0.3) is 11.0 Å². The van der Waals surface area contributed by atoms with Crippen molar-refractivity contribution in [2.75, 3.05) is 25.0 Å². The number of hydrogen-bond acceptors (Lipinski definition) is 5. The molecular weight excluding hydrogens is 316 g/mol. The minimum absolute atomic E-state index is 0.0603. The van der Waals surface area contributed by atoms with Gasteiger partial charge in [0.1, 0.15) is 11.5 Å². The summed E-state index contributed by atoms with van der Waals surface area (Å²) in [5.41, 5.74) is 0.681. The Morgan fingerprint density at radius 2 is 2.35 bits per heavy atom. The highest BCUT2D eigenvalue weighted by Crippen LogP contribution is 2.29. The third kappa shape index (κ3) is 2.82. The van der Waals surface area contributed by atoms with Crippen LogP contribution in [0.15, 0.2) is 12.3 Å². The van der Waals surface area contributed by atoms with Gasteiger partial charge in [-0.15, -0.1) is 0 Å². The highest BCUT2D eigenvalue weighted by atomic mass is 35.5. The van der Waals surface area contributed by atoms with Crippen molar-refractivity contribution in [3.8, 4) is 6.07 Å². The number of halogens is 1. The average molecular weight is 333 g/mol. The van der Waals surface area contributed by atoms with Gasteiger partial charge in [-0.3, -0.25) is 4.79 Å². The van der Waals surface area contributed by atoms with Gasteiger partial charge in [0.05, 0.1) is 11.4 Å². The topological polar surface area (TPSA) is 88.9 Å². The Kier molecular flexibility index (Phi) is 4.09. The number of carbonyl (C=O) groups excluding carboxylic acids is 1. The van der Waals surface area contributed by atoms with Crippen molar-refractivity contribution < 1.29 is 4.79 Å². The molecule has 1 fully saturated rings. The molecule has 1 aliphatic rings. The molecule has 23 heavy (non-hydrogen) atoms. The van der Waals surface area contributed by atoms with E-state index in [9.17, 15) is 4.79 Å². The Labute approximate surface area is 138 Å². The largest absolute Gasteiger partial charge is 0.354 e. The first-order valence-corrected chi connectivity index (χ1v) is 7.81. The second-order valence-electron chi connectivity index (χ2n) is 5.86. The summed E-state index contributed by atoms with van der Waals surface area (Å²) in [7, 11) is 1.94. The third-order valence-electron chi connectivity index (χ3n) is 4.50. The van der Waals surface area contributed by atoms with Gasteiger partial charge in [0, 0.05) is 26.3 Å². The van der Waals surface area contributed by atoms with Crippen LogP contribution in [0.2, 0.25) is 5.28 Å². The molecule has 0 saturated carbocycles. The van der Waals surface area contributed by atoms with Crippen molar-refractivity contribution in [3.63, 3.8) is 0 Å². The van der Waals surface area contributed by atoms with E-state index in [-0.39, 0.29) is 11.3 Å². The quantitative estimate of drug-likeness (QED) is 0.669. The van der Waals surface area contributed by atoms with Crippen LogP contribution >= 0.6 is 11.6 Å². The Bertz CT molecular complexity index is 782. The van der Waals surface area contributed by atoms with Gasteiger partial charge in [0.15, 0.2) is 6.07 Å². The summed E-state index contributed by atoms with van der Waals surface area (Å²) >= 11 is 6.03. The minimum Gasteiger partial charge on any atom is -0.354 e. The van der Waals surface area contributed by atoms with Crippen LogP contribution in [0.1, 0.15) is 13.3 Å². The van der Waals surface area contributed by atoms with Gasteiger partial charge in [-0.1, -0.05) is 6.92 Å². The molecule has 7 nitrogen and oxygen atoms in total. The summed E-state index contributed by atoms with van der Waals surface area (Å²) in [6, 6.07) is 3.67. The van der Waals surface area contributed by atoms with Crippen LogP contribution in [0.4, 0.5) is 5.82 Å². The maximum Gasteiger partial charge on any atom is 0.325 e. The number of likely N-dealkylation sites (N-methyl/N-ethyl adjacent to an activating group) is 1. The van der Waals surface area contributed by atoms with E-state index in [0.29, 0.717) is 24.7 Å². The Hall–Kier alpha value is -2.33. The molecule has 0 spiro atoms. The van der Waals surface area contributed by atoms with Gasteiger partial charge >= 0.3 is 5.91 Å². The molecule has 120 valence electrons. The molecular formula is C15H17ClN6O. The highest BCUT2D eigenvalue weighted by molar-refractivity contribution is 6.28. The summed E-state index contributed by atoms with van der Waals surface area (Å²) in [4.78, 5) is 26.9. The number of amides is 1. The van der Waals surface area contributed by atoms with Crippen LogP contribution in [-0.2, 0) is 4.79 Å². The first kappa shape index (κ1) is 15.6. The number of carbonyl (C=O) groups is 1. The molecule has 0 bridgehead atoms. The molecule has 1 saturated heterocycles. The predicted molar refractivity (Wildman–Crippen MR) is 87.1 cm³/mol. The molecule has 0 aromatic carbocycles. The molecule has 3 heterocycles. The van der Waals surface area contributed by atoms with Gasteiger partial charge in [0.25, 0.3) is 0 Å². The number of fused-ring (bicyclic) bond motifs is 1. The maximum atomic E-state index is 11.7. The Morgan fingerprint density at radius 3 is 3.09 bits per heavy atom. The fourth-order valence-corrected chi connectivity index (χ4v) is 3.30. The fraction of sp³-hybridized carbons (Fsp3) is 0.467. The normalized spacial score (nSPS) is 21.2. The number of rotatable bonds is 2. The Balaban J connectivity index is 1.94. The number of anilines is 1. The zero-order chi connectivity index (χ0) is 16.6. The van der Waals surface area contributed by atoms with Crippen molar-refractivity contribution in [1.29, 1.82) is 5.26 Å². The van der Waals surface area contributed by atoms with E-state index in [1.807, 2.05) is 18.0 Å². The number of aromatic nitrogens is 3. The molecule has 2 aromatic heterocycles. The molecule has 0 aliphatic carbocycles. The molecule has 2 aromatic rings. The van der Waals surface area contributed by atoms with Crippen LogP contribution in [-0.4, -0.2) is 51.9 Å². The summed E-state index contributed by atoms with van der Waals surface area (Å²) in [5, 5.41) is 9.91. The number of nitrogens with zero attached hydrogens (tertiary/aromatic N) is 5. The van der Waals surface area contributed by atoms with Crippen molar-refractivity contribution in [1.82, 2.24) is 19.9 Å². The molecule has 0 unspecified atom stereocenters. The predicted octanol–water partition coefficient (Wildman–Crippen LogP) is 1.81. The van der Waals surface area contributed by atoms with E-state index in [0.717, 1.165) is 17.6 Å². The Morgan fingerprint density at radius 1 is 1.57 bits per heavy atom. The molecule has 1 aliphatic heterocycles. The smallest absolute Gasteiger partial charge is 0.325 e. The lowest BCUT2D eigenvalue weighted by molar-refractivity contribution is -0.126. The number of hydrogen-bond donors (Lipinski definition) is 1. The molecule has 0 radical (unpaired) electrons. The summed E-state index contributed by atoms with van der Waals surface area (Å²) < 4.78 is 0. The summed E-state index contributed by atoms with van der Waals surface area (Å²) in [6.45, 7) is 3.26. The van der Waals surface area contributed by atoms with E-state index in [4.69, 9.17) is 16.9 Å². The van der Waals surface area contributed by atoms with Crippen molar-refractivity contribution in [2.45, 2.75) is 19.4 Å². The number of nitriles is 1. The third-order valence-corrected chi connectivity index (χ3v) is 4.67. The monoisotopic (exact) mass is 332 g/mol. The van der Waals surface area contributed by atoms with Crippen molar-refractivity contribution in [3.05, 3.63) is 17.5 Å². The second kappa shape index (κ2) is 6.05. The van der Waals surface area contributed by atoms with E-state index in [2.05, 4.69) is 21.9 Å². The van der Waals surface area contributed by atoms with Gasteiger partial charge in [-0.2, -0.15) is 15.2 Å². The molecule has 1 amide bonds. The van der Waals surface area contributed by atoms with E-state index in [1.54, 1.807) is 17.2 Å². The van der Waals surface area contributed by atoms with Crippen LogP contribution < -0.4 is 4.90 Å². The summed E-state index contributed by atoms with van der Waals surface area (Å²) in [6.07, 6.45) is 2.64. The fourth-order valence-electron chi connectivity index (χ4n) is 3.13. The number of nitrogens with one attached hydrogen (secondary N) is 1. The lowest BCUT2D eigenvalue weighted by Crippen LogP contribution is -2.52. The number of aromatic amines is 1. The van der Waals surface area contributed by atoms with E-state index in [1.165, 1.54) is 0 Å². The van der Waals surface area contributed by atoms with Gasteiger partial charge in [-0.05, 0) is 30.0 Å². The van der Waals surface area contributed by atoms with E-state index >= 15 is 0 Å². The molecule has 1 N–H and O–H groups in total. The van der Waals surface area contributed by atoms with Crippen LogP contribution in [0.3, 0.4) is 0 Å². The highest BCUT2D eigenvalue weighted by Gasteiger charge is 2.32. The zero-order valence-corrected chi connectivity index (χ0v) is 13.7. The number of H-pyrrole nitrogens is 1. The minimum atomic E-state index is -0.484. The molecule has 8 heteroatoms. The lowest BCUT2D eigenvalue weighted by Gasteiger charge is -2.41. The average Bonchev–Trinajstić information content (AvgIpc) is 3.01. The number of piperidine rings is 1. The first-order chi connectivity index (χ1) is 11.0. The maximum absolute atomic E-state index is 11.7. The zero-order valence-electron chi connectivity index (χ0n) is 13.0. The van der Waals surface area contributed by atoms with E-state index < -0.39 is 5.91 Å². The van der Waals surface area contributed by atoms with Crippen molar-refractivity contribution in [2.24, 2.45) is 5.92 Å². The SMILES string of the molecule is C[C@@H]1CCN(C(=O)C#N)C[C@@H]1N(C)c1nc(Cl)nc2[nH]ccc12. The lowest BCUT2D eigenvalue weighted by atomic mass is 9.92. The van der Waals surface area contributed by atoms with Gasteiger partial charge < -0.3 is 14.8 Å². The second-order valence-corrected chi connectivity index (χ2v) is 6.20. The summed E-state index contributed by atoms with van der Waals surface area (Å²) in [5.74, 6) is 0.609. The molecule has 3 rings (SSSR count). The van der Waals surface area contributed by atoms with Crippen LogP contribution in [0.5, 0.6) is 0 Å². The van der Waals surface area contributed by atoms with Crippen LogP contribution in [0, 0.1) is 17.2 Å². The standard InChI is InChI=1S/C15H17ClN6O/c1-9-4-6-22(12(23)7-17)8-11(9)21(2)14-10-3-5-18-13(10)19-15(16)20-14/h3,5,9,11H,4,6,8H2,1-2H3,(H,18,19,20)/t9-,11+/m1/s1. The molecule has 2 atom stereocenters.